The van der Waals surface area contributed by atoms with Gasteiger partial charge in [0.2, 0.25) is 10.0 Å². The van der Waals surface area contributed by atoms with Crippen LogP contribution in [0, 0.1) is 5.82 Å². The summed E-state index contributed by atoms with van der Waals surface area (Å²) in [6.07, 6.45) is 2.39. The largest absolute Gasteiger partial charge is 0.364 e. The Morgan fingerprint density at radius 2 is 2.08 bits per heavy atom. The highest BCUT2D eigenvalue weighted by Gasteiger charge is 2.28. The molecule has 0 saturated carbocycles. The molecule has 2 heterocycles. The lowest BCUT2D eigenvalue weighted by molar-refractivity contribution is 0.597. The second-order valence-corrected chi connectivity index (χ2v) is 8.18. The van der Waals surface area contributed by atoms with E-state index in [-0.39, 0.29) is 16.8 Å². The topological polar surface area (TPSA) is 76.3 Å². The summed E-state index contributed by atoms with van der Waals surface area (Å²) in [5.74, 6) is -0.287. The van der Waals surface area contributed by atoms with E-state index >= 15 is 0 Å². The van der Waals surface area contributed by atoms with Crippen LogP contribution in [-0.2, 0) is 23.0 Å². The highest BCUT2D eigenvalue weighted by Crippen LogP contribution is 2.35. The molecule has 2 aromatic carbocycles. The fourth-order valence-electron chi connectivity index (χ4n) is 3.60. The van der Waals surface area contributed by atoms with E-state index in [2.05, 4.69) is 16.8 Å². The maximum atomic E-state index is 14.0. The Balaban J connectivity index is 1.74. The SMILES string of the molecule is C[C@H]1Cc2cc(S(N)(=O)=O)ccc2N1Cc1ccc(F)c2cccnc12. The fourth-order valence-corrected chi connectivity index (χ4v) is 4.16. The van der Waals surface area contributed by atoms with E-state index in [0.29, 0.717) is 17.4 Å². The number of hydrogen-bond donors (Lipinski definition) is 1. The average Bonchev–Trinajstić information content (AvgIpc) is 2.91. The molecule has 4 rings (SSSR count). The first-order valence-corrected chi connectivity index (χ1v) is 9.84. The lowest BCUT2D eigenvalue weighted by atomic mass is 10.1. The number of pyridine rings is 1. The first-order valence-electron chi connectivity index (χ1n) is 8.29. The van der Waals surface area contributed by atoms with Crippen molar-refractivity contribution < 1.29 is 12.8 Å². The number of primary sulfonamides is 1. The molecule has 5 nitrogen and oxygen atoms in total. The highest BCUT2D eigenvalue weighted by molar-refractivity contribution is 7.89. The average molecular weight is 371 g/mol. The molecular weight excluding hydrogens is 353 g/mol. The predicted molar refractivity (Wildman–Crippen MR) is 98.9 cm³/mol. The highest BCUT2D eigenvalue weighted by atomic mass is 32.2. The van der Waals surface area contributed by atoms with E-state index in [0.717, 1.165) is 23.2 Å². The van der Waals surface area contributed by atoms with Gasteiger partial charge >= 0.3 is 0 Å². The summed E-state index contributed by atoms with van der Waals surface area (Å²) in [4.78, 5) is 6.66. The van der Waals surface area contributed by atoms with Gasteiger partial charge in [-0.1, -0.05) is 6.07 Å². The van der Waals surface area contributed by atoms with Crippen LogP contribution in [0.15, 0.2) is 53.6 Å². The van der Waals surface area contributed by atoms with Crippen LogP contribution in [0.2, 0.25) is 0 Å². The van der Waals surface area contributed by atoms with Crippen LogP contribution >= 0.6 is 0 Å². The number of sulfonamides is 1. The monoisotopic (exact) mass is 371 g/mol. The van der Waals surface area contributed by atoms with Gasteiger partial charge in [0, 0.05) is 29.9 Å². The Labute approximate surface area is 151 Å². The molecule has 134 valence electrons. The van der Waals surface area contributed by atoms with Gasteiger partial charge < -0.3 is 4.90 Å². The maximum Gasteiger partial charge on any atom is 0.238 e. The number of fused-ring (bicyclic) bond motifs is 2. The molecule has 0 bridgehead atoms. The third-order valence-electron chi connectivity index (χ3n) is 4.88. The van der Waals surface area contributed by atoms with Gasteiger partial charge in [-0.2, -0.15) is 0 Å². The number of halogens is 1. The second kappa shape index (κ2) is 6.03. The zero-order valence-corrected chi connectivity index (χ0v) is 15.0. The van der Waals surface area contributed by atoms with Gasteiger partial charge in [-0.05, 0) is 60.9 Å². The van der Waals surface area contributed by atoms with Crippen LogP contribution in [0.1, 0.15) is 18.1 Å². The Kier molecular flexibility index (Phi) is 3.93. The Morgan fingerprint density at radius 3 is 2.85 bits per heavy atom. The number of hydrogen-bond acceptors (Lipinski definition) is 4. The van der Waals surface area contributed by atoms with Crippen LogP contribution in [-0.4, -0.2) is 19.4 Å². The van der Waals surface area contributed by atoms with Crippen LogP contribution in [0.3, 0.4) is 0 Å². The number of nitrogens with zero attached hydrogens (tertiary/aromatic N) is 2. The van der Waals surface area contributed by atoms with Gasteiger partial charge in [0.1, 0.15) is 5.82 Å². The van der Waals surface area contributed by atoms with E-state index in [1.54, 1.807) is 36.5 Å². The first kappa shape index (κ1) is 16.9. The molecule has 0 amide bonds. The molecule has 0 unspecified atom stereocenters. The predicted octanol–water partition coefficient (Wildman–Crippen LogP) is 2.97. The molecule has 3 aromatic rings. The van der Waals surface area contributed by atoms with Crippen molar-refractivity contribution in [2.45, 2.75) is 30.8 Å². The van der Waals surface area contributed by atoms with Crippen molar-refractivity contribution >= 4 is 26.6 Å². The van der Waals surface area contributed by atoms with Gasteiger partial charge in [-0.3, -0.25) is 4.98 Å². The van der Waals surface area contributed by atoms with Gasteiger partial charge in [-0.15, -0.1) is 0 Å². The van der Waals surface area contributed by atoms with Gasteiger partial charge in [0.25, 0.3) is 0 Å². The Bertz CT molecular complexity index is 1110. The summed E-state index contributed by atoms with van der Waals surface area (Å²) in [5.41, 5.74) is 3.49. The fraction of sp³-hybridized carbons (Fsp3) is 0.211. The zero-order chi connectivity index (χ0) is 18.5. The van der Waals surface area contributed by atoms with E-state index in [4.69, 9.17) is 5.14 Å². The molecule has 1 aliphatic rings. The summed E-state index contributed by atoms with van der Waals surface area (Å²) < 4.78 is 37.2. The number of aromatic nitrogens is 1. The van der Waals surface area contributed by atoms with Crippen molar-refractivity contribution in [2.24, 2.45) is 5.14 Å². The van der Waals surface area contributed by atoms with Crippen molar-refractivity contribution in [1.29, 1.82) is 0 Å². The second-order valence-electron chi connectivity index (χ2n) is 6.62. The minimum absolute atomic E-state index is 0.124. The third kappa shape index (κ3) is 2.83. The van der Waals surface area contributed by atoms with E-state index in [9.17, 15) is 12.8 Å². The normalized spacial score (nSPS) is 16.9. The van der Waals surface area contributed by atoms with Crippen molar-refractivity contribution in [3.05, 3.63) is 65.6 Å². The lowest BCUT2D eigenvalue weighted by Crippen LogP contribution is -2.28. The number of benzene rings is 2. The van der Waals surface area contributed by atoms with Crippen LogP contribution in [0.4, 0.5) is 10.1 Å². The lowest BCUT2D eigenvalue weighted by Gasteiger charge is -2.25. The Morgan fingerprint density at radius 1 is 1.27 bits per heavy atom. The molecule has 0 spiro atoms. The van der Waals surface area contributed by atoms with Crippen LogP contribution in [0.5, 0.6) is 0 Å². The number of rotatable bonds is 3. The molecule has 0 fully saturated rings. The molecule has 0 aliphatic carbocycles. The first-order chi connectivity index (χ1) is 12.3. The van der Waals surface area contributed by atoms with Crippen molar-refractivity contribution in [2.75, 3.05) is 4.90 Å². The number of nitrogens with two attached hydrogens (primary N) is 1. The van der Waals surface area contributed by atoms with Crippen LogP contribution in [0.25, 0.3) is 10.9 Å². The molecule has 26 heavy (non-hydrogen) atoms. The van der Waals surface area contributed by atoms with Crippen molar-refractivity contribution in [3.63, 3.8) is 0 Å². The minimum Gasteiger partial charge on any atom is -0.364 e. The van der Waals surface area contributed by atoms with Gasteiger partial charge in [0.05, 0.1) is 10.4 Å². The molecule has 2 N–H and O–H groups in total. The van der Waals surface area contributed by atoms with Gasteiger partial charge in [0.15, 0.2) is 0 Å². The van der Waals surface area contributed by atoms with E-state index < -0.39 is 10.0 Å². The smallest absolute Gasteiger partial charge is 0.238 e. The summed E-state index contributed by atoms with van der Waals surface area (Å²) in [6, 6.07) is 11.8. The van der Waals surface area contributed by atoms with Crippen molar-refractivity contribution in [3.8, 4) is 0 Å². The quantitative estimate of drug-likeness (QED) is 0.768. The Hall–Kier alpha value is -2.51. The maximum absolute atomic E-state index is 14.0. The summed E-state index contributed by atoms with van der Waals surface area (Å²) >= 11 is 0. The molecule has 7 heteroatoms. The molecule has 1 aliphatic heterocycles. The van der Waals surface area contributed by atoms with Gasteiger partial charge in [-0.25, -0.2) is 17.9 Å². The summed E-state index contributed by atoms with van der Waals surface area (Å²) in [6.45, 7) is 2.65. The number of anilines is 1. The minimum atomic E-state index is -3.72. The molecule has 0 saturated heterocycles. The molecule has 0 radical (unpaired) electrons. The molecule has 1 atom stereocenters. The zero-order valence-electron chi connectivity index (χ0n) is 14.2. The summed E-state index contributed by atoms with van der Waals surface area (Å²) in [5, 5.41) is 5.74. The van der Waals surface area contributed by atoms with E-state index in [1.807, 2.05) is 0 Å². The third-order valence-corrected chi connectivity index (χ3v) is 5.79. The molecule has 1 aromatic heterocycles. The van der Waals surface area contributed by atoms with Crippen LogP contribution < -0.4 is 10.0 Å². The molecular formula is C19H18FN3O2S. The van der Waals surface area contributed by atoms with Crippen molar-refractivity contribution in [1.82, 2.24) is 4.98 Å². The van der Waals surface area contributed by atoms with E-state index in [1.165, 1.54) is 12.1 Å². The summed E-state index contributed by atoms with van der Waals surface area (Å²) in [7, 11) is -3.72. The standard InChI is InChI=1S/C19H18FN3O2S/c1-12-9-14-10-15(26(21,24)25)5-7-18(14)23(12)11-13-4-6-17(20)16-3-2-8-22-19(13)16/h2-8,10,12H,9,11H2,1H3,(H2,21,24,25)/t12-/m0/s1.